The SMILES string of the molecule is CCCCCCCCCCS(=O)(=O)OCCCCCC. The van der Waals surface area contributed by atoms with Gasteiger partial charge >= 0.3 is 0 Å². The second-order valence-electron chi connectivity index (χ2n) is 5.62. The van der Waals surface area contributed by atoms with E-state index in [0.29, 0.717) is 6.61 Å². The highest BCUT2D eigenvalue weighted by atomic mass is 32.2. The van der Waals surface area contributed by atoms with E-state index in [4.69, 9.17) is 4.18 Å². The zero-order valence-corrected chi connectivity index (χ0v) is 14.3. The van der Waals surface area contributed by atoms with E-state index in [-0.39, 0.29) is 5.75 Å². The monoisotopic (exact) mass is 306 g/mol. The van der Waals surface area contributed by atoms with Crippen molar-refractivity contribution in [1.29, 1.82) is 0 Å². The van der Waals surface area contributed by atoms with Gasteiger partial charge in [0.1, 0.15) is 0 Å². The molecule has 0 aromatic heterocycles. The van der Waals surface area contributed by atoms with Crippen LogP contribution in [-0.2, 0) is 14.3 Å². The van der Waals surface area contributed by atoms with Crippen molar-refractivity contribution < 1.29 is 12.6 Å². The van der Waals surface area contributed by atoms with Gasteiger partial charge in [-0.15, -0.1) is 0 Å². The molecule has 0 unspecified atom stereocenters. The Labute approximate surface area is 126 Å². The topological polar surface area (TPSA) is 43.4 Å². The number of hydrogen-bond acceptors (Lipinski definition) is 3. The summed E-state index contributed by atoms with van der Waals surface area (Å²) in [6.45, 7) is 4.71. The van der Waals surface area contributed by atoms with E-state index in [1.807, 2.05) is 0 Å². The summed E-state index contributed by atoms with van der Waals surface area (Å²) >= 11 is 0. The maximum Gasteiger partial charge on any atom is 0.267 e. The van der Waals surface area contributed by atoms with Gasteiger partial charge in [0.2, 0.25) is 0 Å². The molecule has 0 aromatic rings. The van der Waals surface area contributed by atoms with Crippen LogP contribution in [0.4, 0.5) is 0 Å². The van der Waals surface area contributed by atoms with Crippen molar-refractivity contribution in [3.8, 4) is 0 Å². The van der Waals surface area contributed by atoms with Gasteiger partial charge in [0.05, 0.1) is 12.4 Å². The first-order chi connectivity index (χ1) is 9.62. The largest absolute Gasteiger partial charge is 0.270 e. The van der Waals surface area contributed by atoms with Crippen LogP contribution >= 0.6 is 0 Å². The fraction of sp³-hybridized carbons (Fsp3) is 1.00. The van der Waals surface area contributed by atoms with E-state index in [0.717, 1.165) is 44.9 Å². The molecule has 0 heterocycles. The summed E-state index contributed by atoms with van der Waals surface area (Å²) in [4.78, 5) is 0. The molecule has 0 amide bonds. The second-order valence-corrected chi connectivity index (χ2v) is 7.38. The highest BCUT2D eigenvalue weighted by Gasteiger charge is 2.10. The van der Waals surface area contributed by atoms with Crippen LogP contribution < -0.4 is 0 Å². The summed E-state index contributed by atoms with van der Waals surface area (Å²) in [5.74, 6) is 0.190. The zero-order chi connectivity index (χ0) is 15.1. The molecule has 0 spiro atoms. The molecule has 4 heteroatoms. The van der Waals surface area contributed by atoms with Gasteiger partial charge in [0.15, 0.2) is 0 Å². The van der Waals surface area contributed by atoms with Crippen LogP contribution in [0.5, 0.6) is 0 Å². The molecule has 0 rings (SSSR count). The molecule has 0 bridgehead atoms. The van der Waals surface area contributed by atoms with Crippen molar-refractivity contribution in [2.75, 3.05) is 12.4 Å². The summed E-state index contributed by atoms with van der Waals surface area (Å²) in [5.41, 5.74) is 0. The molecule has 122 valence electrons. The van der Waals surface area contributed by atoms with Gasteiger partial charge in [-0.2, -0.15) is 8.42 Å². The summed E-state index contributed by atoms with van der Waals surface area (Å²) in [7, 11) is -3.27. The van der Waals surface area contributed by atoms with Crippen molar-refractivity contribution in [2.45, 2.75) is 90.9 Å². The average molecular weight is 307 g/mol. The van der Waals surface area contributed by atoms with Crippen LogP contribution in [0, 0.1) is 0 Å². The third-order valence-electron chi connectivity index (χ3n) is 3.51. The van der Waals surface area contributed by atoms with Crippen molar-refractivity contribution in [3.63, 3.8) is 0 Å². The van der Waals surface area contributed by atoms with Crippen molar-refractivity contribution >= 4 is 10.1 Å². The zero-order valence-electron chi connectivity index (χ0n) is 13.5. The molecule has 20 heavy (non-hydrogen) atoms. The van der Waals surface area contributed by atoms with Crippen molar-refractivity contribution in [3.05, 3.63) is 0 Å². The quantitative estimate of drug-likeness (QED) is 0.314. The van der Waals surface area contributed by atoms with Gasteiger partial charge in [-0.05, 0) is 12.8 Å². The molecule has 0 aliphatic heterocycles. The average Bonchev–Trinajstić information content (AvgIpc) is 2.41. The molecular formula is C16H34O3S. The number of unbranched alkanes of at least 4 members (excludes halogenated alkanes) is 10. The molecule has 3 nitrogen and oxygen atoms in total. The highest BCUT2D eigenvalue weighted by Crippen LogP contribution is 2.10. The molecule has 0 aliphatic carbocycles. The lowest BCUT2D eigenvalue weighted by molar-refractivity contribution is 0.306. The Kier molecular flexibility index (Phi) is 13.8. The Hall–Kier alpha value is -0.0900. The van der Waals surface area contributed by atoms with Crippen LogP contribution in [0.3, 0.4) is 0 Å². The van der Waals surface area contributed by atoms with Gasteiger partial charge in [-0.1, -0.05) is 78.1 Å². The van der Waals surface area contributed by atoms with Crippen LogP contribution in [0.15, 0.2) is 0 Å². The minimum Gasteiger partial charge on any atom is -0.270 e. The molecule has 0 aliphatic rings. The number of hydrogen-bond donors (Lipinski definition) is 0. The van der Waals surface area contributed by atoms with E-state index >= 15 is 0 Å². The summed E-state index contributed by atoms with van der Waals surface area (Å²) in [6, 6.07) is 0. The third-order valence-corrected chi connectivity index (χ3v) is 4.82. The van der Waals surface area contributed by atoms with Crippen molar-refractivity contribution in [2.24, 2.45) is 0 Å². The lowest BCUT2D eigenvalue weighted by Crippen LogP contribution is -2.11. The van der Waals surface area contributed by atoms with E-state index in [9.17, 15) is 8.42 Å². The van der Waals surface area contributed by atoms with E-state index in [2.05, 4.69) is 13.8 Å². The molecular weight excluding hydrogens is 272 g/mol. The lowest BCUT2D eigenvalue weighted by atomic mass is 10.1. The normalized spacial score (nSPS) is 11.9. The van der Waals surface area contributed by atoms with Crippen LogP contribution in [0.25, 0.3) is 0 Å². The first-order valence-corrected chi connectivity index (χ1v) is 10.1. The molecule has 0 fully saturated rings. The Bertz CT molecular complexity index is 286. The summed E-state index contributed by atoms with van der Waals surface area (Å²) in [6.07, 6.45) is 13.5. The van der Waals surface area contributed by atoms with Crippen molar-refractivity contribution in [1.82, 2.24) is 0 Å². The molecule has 0 N–H and O–H groups in total. The number of rotatable bonds is 15. The van der Waals surface area contributed by atoms with Gasteiger partial charge in [0, 0.05) is 0 Å². The van der Waals surface area contributed by atoms with Crippen LogP contribution in [0.2, 0.25) is 0 Å². The summed E-state index contributed by atoms with van der Waals surface area (Å²) < 4.78 is 28.2. The van der Waals surface area contributed by atoms with Gasteiger partial charge < -0.3 is 0 Å². The van der Waals surface area contributed by atoms with Gasteiger partial charge in [0.25, 0.3) is 10.1 Å². The van der Waals surface area contributed by atoms with Gasteiger partial charge in [-0.25, -0.2) is 0 Å². The van der Waals surface area contributed by atoms with E-state index in [1.54, 1.807) is 0 Å². The standard InChI is InChI=1S/C16H34O3S/c1-3-5-7-9-10-11-12-14-16-20(17,18)19-15-13-8-6-4-2/h3-16H2,1-2H3. The maximum atomic E-state index is 11.6. The minimum atomic E-state index is -3.27. The molecule has 0 saturated heterocycles. The lowest BCUT2D eigenvalue weighted by Gasteiger charge is -2.05. The molecule has 0 aromatic carbocycles. The Balaban J connectivity index is 3.39. The van der Waals surface area contributed by atoms with Crippen LogP contribution in [0.1, 0.15) is 90.9 Å². The summed E-state index contributed by atoms with van der Waals surface area (Å²) in [5, 5.41) is 0. The van der Waals surface area contributed by atoms with Gasteiger partial charge in [-0.3, -0.25) is 4.18 Å². The first kappa shape index (κ1) is 19.9. The predicted molar refractivity (Wildman–Crippen MR) is 86.5 cm³/mol. The first-order valence-electron chi connectivity index (χ1n) is 8.49. The molecule has 0 atom stereocenters. The molecule has 0 radical (unpaired) electrons. The third kappa shape index (κ3) is 14.3. The predicted octanol–water partition coefficient (Wildman–Crippen LogP) is 5.05. The Morgan fingerprint density at radius 3 is 1.65 bits per heavy atom. The highest BCUT2D eigenvalue weighted by molar-refractivity contribution is 7.86. The van der Waals surface area contributed by atoms with E-state index < -0.39 is 10.1 Å². The Morgan fingerprint density at radius 2 is 1.10 bits per heavy atom. The Morgan fingerprint density at radius 1 is 0.650 bits per heavy atom. The second kappa shape index (κ2) is 13.9. The smallest absolute Gasteiger partial charge is 0.267 e. The minimum absolute atomic E-state index is 0.190. The fourth-order valence-electron chi connectivity index (χ4n) is 2.19. The fourth-order valence-corrected chi connectivity index (χ4v) is 3.23. The van der Waals surface area contributed by atoms with Crippen LogP contribution in [-0.4, -0.2) is 20.8 Å². The maximum absolute atomic E-state index is 11.6. The van der Waals surface area contributed by atoms with E-state index in [1.165, 1.54) is 32.1 Å². The molecule has 0 saturated carbocycles.